The molecule has 0 unspecified atom stereocenters. The van der Waals surface area contributed by atoms with E-state index >= 15 is 0 Å². The van der Waals surface area contributed by atoms with Gasteiger partial charge in [-0.15, -0.1) is 0 Å². The molecule has 0 spiro atoms. The van der Waals surface area contributed by atoms with Gasteiger partial charge in [-0.05, 0) is 53.9 Å². The van der Waals surface area contributed by atoms with E-state index in [0.717, 1.165) is 16.9 Å². The summed E-state index contributed by atoms with van der Waals surface area (Å²) in [6, 6.07) is 21.3. The van der Waals surface area contributed by atoms with E-state index in [1.165, 1.54) is 12.1 Å². The second-order valence-corrected chi connectivity index (χ2v) is 8.21. The molecule has 5 aromatic rings. The third-order valence-electron chi connectivity index (χ3n) is 5.93. The van der Waals surface area contributed by atoms with Crippen LogP contribution in [0.3, 0.4) is 0 Å². The van der Waals surface area contributed by atoms with Gasteiger partial charge in [0.2, 0.25) is 0 Å². The minimum Gasteiger partial charge on any atom is -0.497 e. The highest BCUT2D eigenvalue weighted by atomic mass is 19.1. The van der Waals surface area contributed by atoms with Gasteiger partial charge in [0.1, 0.15) is 28.5 Å². The first-order chi connectivity index (χ1) is 17.0. The Bertz CT molecular complexity index is 1510. The number of halogens is 1. The van der Waals surface area contributed by atoms with Crippen LogP contribution >= 0.6 is 0 Å². The van der Waals surface area contributed by atoms with Crippen molar-refractivity contribution in [3.05, 3.63) is 95.3 Å². The van der Waals surface area contributed by atoms with Gasteiger partial charge < -0.3 is 20.4 Å². The summed E-state index contributed by atoms with van der Waals surface area (Å²) in [7, 11) is 1.62. The monoisotopic (exact) mass is 469 g/mol. The highest BCUT2D eigenvalue weighted by molar-refractivity contribution is 6.10. The van der Waals surface area contributed by atoms with Crippen molar-refractivity contribution in [2.24, 2.45) is 0 Å². The first-order valence-electron chi connectivity index (χ1n) is 11.2. The molecule has 8 heteroatoms. The zero-order chi connectivity index (χ0) is 24.4. The molecule has 2 aromatic heterocycles. The van der Waals surface area contributed by atoms with Gasteiger partial charge in [0, 0.05) is 6.54 Å². The number of ether oxygens (including phenoxy) is 1. The normalized spacial score (nSPS) is 11.1. The molecule has 0 saturated carbocycles. The number of para-hydroxylation sites is 2. The summed E-state index contributed by atoms with van der Waals surface area (Å²) in [6.45, 7) is 0.755. The van der Waals surface area contributed by atoms with Gasteiger partial charge in [0.25, 0.3) is 5.91 Å². The first kappa shape index (κ1) is 22.3. The molecule has 7 nitrogen and oxygen atoms in total. The summed E-state index contributed by atoms with van der Waals surface area (Å²) in [5.41, 5.74) is 11.0. The quantitative estimate of drug-likeness (QED) is 0.370. The molecule has 35 heavy (non-hydrogen) atoms. The SMILES string of the molecule is COc1ccc(CCNC(=O)c2c(N)n(Cc3ccc(F)cc3)c3nc4ccccc4nc23)cc1. The molecular weight excluding hydrogens is 445 g/mol. The summed E-state index contributed by atoms with van der Waals surface area (Å²) in [5, 5.41) is 2.96. The summed E-state index contributed by atoms with van der Waals surface area (Å²) < 4.78 is 20.3. The molecule has 0 aliphatic rings. The topological polar surface area (TPSA) is 95.1 Å². The molecule has 3 N–H and O–H groups in total. The maximum absolute atomic E-state index is 13.4. The van der Waals surface area contributed by atoms with Crippen molar-refractivity contribution in [3.8, 4) is 5.75 Å². The Morgan fingerprint density at radius 2 is 1.63 bits per heavy atom. The van der Waals surface area contributed by atoms with Crippen LogP contribution in [-0.4, -0.2) is 34.1 Å². The molecular formula is C27H24FN5O2. The number of aromatic nitrogens is 3. The van der Waals surface area contributed by atoms with Crippen LogP contribution in [-0.2, 0) is 13.0 Å². The first-order valence-corrected chi connectivity index (χ1v) is 11.2. The van der Waals surface area contributed by atoms with E-state index in [0.29, 0.717) is 41.7 Å². The Hall–Kier alpha value is -4.46. The molecule has 5 rings (SSSR count). The molecule has 1 amide bonds. The minimum absolute atomic E-state index is 0.265. The Morgan fingerprint density at radius 1 is 0.971 bits per heavy atom. The Kier molecular flexibility index (Phi) is 6.01. The third-order valence-corrected chi connectivity index (χ3v) is 5.93. The Balaban J connectivity index is 1.48. The maximum Gasteiger partial charge on any atom is 0.257 e. The number of nitrogens with zero attached hydrogens (tertiary/aromatic N) is 3. The van der Waals surface area contributed by atoms with Crippen molar-refractivity contribution in [1.29, 1.82) is 0 Å². The number of nitrogens with two attached hydrogens (primary N) is 1. The fourth-order valence-corrected chi connectivity index (χ4v) is 4.07. The van der Waals surface area contributed by atoms with Gasteiger partial charge in [0.15, 0.2) is 5.65 Å². The molecule has 0 atom stereocenters. The van der Waals surface area contributed by atoms with Gasteiger partial charge in [-0.3, -0.25) is 4.79 Å². The third kappa shape index (κ3) is 4.50. The number of rotatable bonds is 7. The van der Waals surface area contributed by atoms with Crippen LogP contribution in [0.4, 0.5) is 10.2 Å². The lowest BCUT2D eigenvalue weighted by atomic mass is 10.1. The molecule has 0 aliphatic heterocycles. The zero-order valence-electron chi connectivity index (χ0n) is 19.2. The fourth-order valence-electron chi connectivity index (χ4n) is 4.07. The minimum atomic E-state index is -0.318. The average molecular weight is 470 g/mol. The van der Waals surface area contributed by atoms with E-state index in [9.17, 15) is 9.18 Å². The predicted molar refractivity (Wildman–Crippen MR) is 134 cm³/mol. The van der Waals surface area contributed by atoms with Crippen LogP contribution < -0.4 is 15.8 Å². The summed E-state index contributed by atoms with van der Waals surface area (Å²) in [4.78, 5) is 22.8. The fraction of sp³-hybridized carbons (Fsp3) is 0.148. The van der Waals surface area contributed by atoms with Crippen molar-refractivity contribution in [1.82, 2.24) is 19.9 Å². The molecule has 0 saturated heterocycles. The number of amides is 1. The number of carbonyl (C=O) groups excluding carboxylic acids is 1. The van der Waals surface area contributed by atoms with Crippen molar-refractivity contribution in [2.45, 2.75) is 13.0 Å². The zero-order valence-corrected chi connectivity index (χ0v) is 19.2. The number of nitrogen functional groups attached to an aromatic ring is 1. The lowest BCUT2D eigenvalue weighted by Gasteiger charge is -2.09. The lowest BCUT2D eigenvalue weighted by Crippen LogP contribution is -2.26. The molecule has 3 aromatic carbocycles. The van der Waals surface area contributed by atoms with Gasteiger partial charge in [-0.1, -0.05) is 36.4 Å². The van der Waals surface area contributed by atoms with Crippen LogP contribution in [0.25, 0.3) is 22.2 Å². The predicted octanol–water partition coefficient (Wildman–Crippen LogP) is 4.34. The van der Waals surface area contributed by atoms with E-state index in [-0.39, 0.29) is 23.1 Å². The highest BCUT2D eigenvalue weighted by Gasteiger charge is 2.24. The van der Waals surface area contributed by atoms with Crippen LogP contribution in [0, 0.1) is 5.82 Å². The number of hydrogen-bond donors (Lipinski definition) is 2. The van der Waals surface area contributed by atoms with Crippen LogP contribution in [0.1, 0.15) is 21.5 Å². The van der Waals surface area contributed by atoms with E-state index in [1.807, 2.05) is 48.5 Å². The molecule has 0 aliphatic carbocycles. The molecule has 176 valence electrons. The number of carbonyl (C=O) groups is 1. The standard InChI is InChI=1S/C27H24FN5O2/c1-35-20-12-8-17(9-13-20)14-15-30-27(34)23-24-26(32-22-5-3-2-4-21(22)31-24)33(25(23)29)16-18-6-10-19(28)11-7-18/h2-13H,14-16,29H2,1H3,(H,30,34). The van der Waals surface area contributed by atoms with Crippen molar-refractivity contribution in [2.75, 3.05) is 19.4 Å². The lowest BCUT2D eigenvalue weighted by molar-refractivity contribution is 0.0956. The van der Waals surface area contributed by atoms with Crippen molar-refractivity contribution >= 4 is 33.9 Å². The smallest absolute Gasteiger partial charge is 0.257 e. The number of anilines is 1. The van der Waals surface area contributed by atoms with Gasteiger partial charge in [-0.25, -0.2) is 14.4 Å². The number of fused-ring (bicyclic) bond motifs is 2. The van der Waals surface area contributed by atoms with Gasteiger partial charge in [0.05, 0.1) is 24.7 Å². The van der Waals surface area contributed by atoms with Crippen LogP contribution in [0.15, 0.2) is 72.8 Å². The largest absolute Gasteiger partial charge is 0.497 e. The van der Waals surface area contributed by atoms with E-state index in [4.69, 9.17) is 20.4 Å². The Labute approximate surface area is 201 Å². The summed E-state index contributed by atoms with van der Waals surface area (Å²) in [5.74, 6) is 0.414. The van der Waals surface area contributed by atoms with E-state index in [1.54, 1.807) is 23.8 Å². The van der Waals surface area contributed by atoms with Gasteiger partial charge in [-0.2, -0.15) is 0 Å². The summed E-state index contributed by atoms with van der Waals surface area (Å²) >= 11 is 0. The van der Waals surface area contributed by atoms with E-state index in [2.05, 4.69) is 5.32 Å². The highest BCUT2D eigenvalue weighted by Crippen LogP contribution is 2.28. The van der Waals surface area contributed by atoms with Gasteiger partial charge >= 0.3 is 0 Å². The average Bonchev–Trinajstić information content (AvgIpc) is 3.14. The van der Waals surface area contributed by atoms with E-state index < -0.39 is 0 Å². The molecule has 0 fully saturated rings. The number of nitrogens with one attached hydrogen (secondary N) is 1. The number of methoxy groups -OCH3 is 1. The number of hydrogen-bond acceptors (Lipinski definition) is 5. The van der Waals surface area contributed by atoms with Crippen molar-refractivity contribution in [3.63, 3.8) is 0 Å². The molecule has 0 bridgehead atoms. The van der Waals surface area contributed by atoms with Crippen LogP contribution in [0.5, 0.6) is 5.75 Å². The number of benzene rings is 3. The Morgan fingerprint density at radius 3 is 2.31 bits per heavy atom. The molecule has 2 heterocycles. The summed E-state index contributed by atoms with van der Waals surface area (Å²) in [6.07, 6.45) is 0.651. The second kappa shape index (κ2) is 9.42. The molecule has 0 radical (unpaired) electrons. The van der Waals surface area contributed by atoms with Crippen LogP contribution in [0.2, 0.25) is 0 Å². The maximum atomic E-state index is 13.4. The second-order valence-electron chi connectivity index (χ2n) is 8.21. The van der Waals surface area contributed by atoms with Crippen molar-refractivity contribution < 1.29 is 13.9 Å².